The van der Waals surface area contributed by atoms with Gasteiger partial charge in [-0.15, -0.1) is 0 Å². The molecule has 1 aliphatic heterocycles. The van der Waals surface area contributed by atoms with Crippen molar-refractivity contribution in [2.75, 3.05) is 29.5 Å². The summed E-state index contributed by atoms with van der Waals surface area (Å²) in [4.78, 5) is 12.8. The van der Waals surface area contributed by atoms with Crippen LogP contribution in [0.1, 0.15) is 17.0 Å². The Morgan fingerprint density at radius 1 is 1.40 bits per heavy atom. The van der Waals surface area contributed by atoms with Crippen LogP contribution in [0, 0.1) is 0 Å². The predicted molar refractivity (Wildman–Crippen MR) is 59.8 cm³/mol. The lowest BCUT2D eigenvalue weighted by Crippen LogP contribution is -2.24. The molecule has 0 atom stereocenters. The van der Waals surface area contributed by atoms with Gasteiger partial charge in [0, 0.05) is 24.9 Å². The zero-order valence-electron chi connectivity index (χ0n) is 8.31. The first kappa shape index (κ1) is 10.4. The lowest BCUT2D eigenvalue weighted by molar-refractivity contribution is 0.0663. The maximum atomic E-state index is 10.6. The first-order valence-electron chi connectivity index (χ1n) is 4.93. The molecule has 1 saturated heterocycles. The number of anilines is 1. The Labute approximate surface area is 92.2 Å². The van der Waals surface area contributed by atoms with E-state index in [1.54, 1.807) is 6.07 Å². The highest BCUT2D eigenvalue weighted by Gasteiger charge is 2.15. The smallest absolute Gasteiger partial charge is 0.371 e. The van der Waals surface area contributed by atoms with Gasteiger partial charge in [0.15, 0.2) is 5.88 Å². The van der Waals surface area contributed by atoms with Crippen molar-refractivity contribution in [2.24, 2.45) is 0 Å². The van der Waals surface area contributed by atoms with Crippen LogP contribution in [-0.4, -0.2) is 35.7 Å². The van der Waals surface area contributed by atoms with Gasteiger partial charge in [0.25, 0.3) is 0 Å². The highest BCUT2D eigenvalue weighted by molar-refractivity contribution is 7.99. The van der Waals surface area contributed by atoms with Gasteiger partial charge in [-0.2, -0.15) is 11.8 Å². The second kappa shape index (κ2) is 4.61. The molecule has 82 valence electrons. The fourth-order valence-corrected chi connectivity index (χ4v) is 2.47. The van der Waals surface area contributed by atoms with Crippen molar-refractivity contribution < 1.29 is 14.3 Å². The van der Waals surface area contributed by atoms with Crippen LogP contribution in [0.25, 0.3) is 0 Å². The zero-order chi connectivity index (χ0) is 10.7. The summed E-state index contributed by atoms with van der Waals surface area (Å²) < 4.78 is 5.26. The molecule has 2 heterocycles. The number of hydrogen-bond donors (Lipinski definition) is 1. The zero-order valence-corrected chi connectivity index (χ0v) is 9.13. The monoisotopic (exact) mass is 227 g/mol. The maximum absolute atomic E-state index is 10.6. The Morgan fingerprint density at radius 3 is 3.00 bits per heavy atom. The third-order valence-corrected chi connectivity index (χ3v) is 3.39. The summed E-state index contributed by atoms with van der Waals surface area (Å²) in [7, 11) is 0. The van der Waals surface area contributed by atoms with Crippen molar-refractivity contribution in [3.05, 3.63) is 17.9 Å². The molecule has 0 aromatic carbocycles. The molecule has 1 aromatic heterocycles. The van der Waals surface area contributed by atoms with E-state index in [1.165, 1.54) is 11.8 Å². The van der Waals surface area contributed by atoms with E-state index in [9.17, 15) is 4.79 Å². The summed E-state index contributed by atoms with van der Waals surface area (Å²) in [6.45, 7) is 1.87. The SMILES string of the molecule is O=C(O)c1ccc(N2CCCSCC2)o1. The van der Waals surface area contributed by atoms with Crippen LogP contribution in [0.5, 0.6) is 0 Å². The lowest BCUT2D eigenvalue weighted by atomic mass is 10.4. The summed E-state index contributed by atoms with van der Waals surface area (Å²) in [6, 6.07) is 3.25. The fraction of sp³-hybridized carbons (Fsp3) is 0.500. The third kappa shape index (κ3) is 2.47. The van der Waals surface area contributed by atoms with E-state index < -0.39 is 5.97 Å². The Morgan fingerprint density at radius 2 is 2.27 bits per heavy atom. The van der Waals surface area contributed by atoms with Crippen molar-refractivity contribution in [2.45, 2.75) is 6.42 Å². The largest absolute Gasteiger partial charge is 0.475 e. The van der Waals surface area contributed by atoms with Gasteiger partial charge in [0.1, 0.15) is 0 Å². The molecule has 1 N–H and O–H groups in total. The van der Waals surface area contributed by atoms with Crippen molar-refractivity contribution in [1.82, 2.24) is 0 Å². The van der Waals surface area contributed by atoms with Crippen LogP contribution in [0.15, 0.2) is 16.5 Å². The van der Waals surface area contributed by atoms with E-state index in [0.717, 1.165) is 25.3 Å². The number of carboxylic acid groups (broad SMARTS) is 1. The van der Waals surface area contributed by atoms with Crippen LogP contribution in [0.3, 0.4) is 0 Å². The standard InChI is InChI=1S/C10H13NO3S/c12-10(13)8-2-3-9(14-8)11-4-1-6-15-7-5-11/h2-3H,1,4-7H2,(H,12,13). The van der Waals surface area contributed by atoms with E-state index in [-0.39, 0.29) is 5.76 Å². The van der Waals surface area contributed by atoms with E-state index >= 15 is 0 Å². The minimum atomic E-state index is -1.01. The topological polar surface area (TPSA) is 53.7 Å². The second-order valence-corrected chi connectivity index (χ2v) is 4.62. The van der Waals surface area contributed by atoms with E-state index in [0.29, 0.717) is 5.88 Å². The number of carboxylic acids is 1. The molecule has 0 radical (unpaired) electrons. The first-order valence-corrected chi connectivity index (χ1v) is 6.08. The molecule has 2 rings (SSSR count). The summed E-state index contributed by atoms with van der Waals surface area (Å²) in [5.74, 6) is 1.92. The number of thioether (sulfide) groups is 1. The van der Waals surface area contributed by atoms with Gasteiger partial charge in [-0.05, 0) is 18.2 Å². The molecule has 4 nitrogen and oxygen atoms in total. The van der Waals surface area contributed by atoms with Gasteiger partial charge < -0.3 is 14.4 Å². The van der Waals surface area contributed by atoms with Gasteiger partial charge in [-0.1, -0.05) is 0 Å². The highest BCUT2D eigenvalue weighted by Crippen LogP contribution is 2.21. The average Bonchev–Trinajstić information content (AvgIpc) is 2.55. The van der Waals surface area contributed by atoms with Gasteiger partial charge in [-0.25, -0.2) is 4.79 Å². The summed E-state index contributed by atoms with van der Waals surface area (Å²) in [6.07, 6.45) is 1.12. The molecule has 1 fully saturated rings. The molecule has 15 heavy (non-hydrogen) atoms. The number of carbonyl (C=O) groups is 1. The maximum Gasteiger partial charge on any atom is 0.371 e. The van der Waals surface area contributed by atoms with E-state index in [2.05, 4.69) is 4.90 Å². The van der Waals surface area contributed by atoms with Crippen molar-refractivity contribution >= 4 is 23.6 Å². The Bertz CT molecular complexity index is 342. The Kier molecular flexibility index (Phi) is 3.20. The number of aromatic carboxylic acids is 1. The van der Waals surface area contributed by atoms with Crippen molar-refractivity contribution in [3.63, 3.8) is 0 Å². The van der Waals surface area contributed by atoms with Gasteiger partial charge in [0.05, 0.1) is 0 Å². The Hall–Kier alpha value is -1.10. The van der Waals surface area contributed by atoms with Gasteiger partial charge in [-0.3, -0.25) is 0 Å². The molecule has 0 amide bonds. The van der Waals surface area contributed by atoms with Crippen LogP contribution < -0.4 is 4.90 Å². The molecule has 0 aliphatic carbocycles. The molecular weight excluding hydrogens is 214 g/mol. The number of hydrogen-bond acceptors (Lipinski definition) is 4. The minimum Gasteiger partial charge on any atom is -0.475 e. The predicted octanol–water partition coefficient (Wildman–Crippen LogP) is 1.92. The molecule has 5 heteroatoms. The summed E-state index contributed by atoms with van der Waals surface area (Å²) in [5.41, 5.74) is 0. The summed E-state index contributed by atoms with van der Waals surface area (Å²) in [5, 5.41) is 8.74. The second-order valence-electron chi connectivity index (χ2n) is 3.40. The minimum absolute atomic E-state index is 0.0156. The fourth-order valence-electron chi connectivity index (χ4n) is 1.58. The molecule has 1 aromatic rings. The Balaban J connectivity index is 2.10. The van der Waals surface area contributed by atoms with Gasteiger partial charge in [0.2, 0.25) is 5.76 Å². The third-order valence-electron chi connectivity index (χ3n) is 2.34. The normalized spacial score (nSPS) is 17.5. The first-order chi connectivity index (χ1) is 7.27. The van der Waals surface area contributed by atoms with Crippen LogP contribution in [-0.2, 0) is 0 Å². The molecular formula is C10H13NO3S. The number of nitrogens with zero attached hydrogens (tertiary/aromatic N) is 1. The molecule has 0 unspecified atom stereocenters. The van der Waals surface area contributed by atoms with Crippen LogP contribution in [0.4, 0.5) is 5.88 Å². The molecule has 0 spiro atoms. The van der Waals surface area contributed by atoms with Crippen molar-refractivity contribution in [1.29, 1.82) is 0 Å². The number of furan rings is 1. The van der Waals surface area contributed by atoms with E-state index in [1.807, 2.05) is 11.8 Å². The number of rotatable bonds is 2. The van der Waals surface area contributed by atoms with E-state index in [4.69, 9.17) is 9.52 Å². The van der Waals surface area contributed by atoms with Crippen LogP contribution in [0.2, 0.25) is 0 Å². The molecule has 0 saturated carbocycles. The van der Waals surface area contributed by atoms with Gasteiger partial charge >= 0.3 is 5.97 Å². The van der Waals surface area contributed by atoms with Crippen LogP contribution >= 0.6 is 11.8 Å². The lowest BCUT2D eigenvalue weighted by Gasteiger charge is -2.18. The average molecular weight is 227 g/mol. The van der Waals surface area contributed by atoms with Crippen molar-refractivity contribution in [3.8, 4) is 0 Å². The summed E-state index contributed by atoms with van der Waals surface area (Å²) >= 11 is 1.93. The molecule has 0 bridgehead atoms. The molecule has 1 aliphatic rings. The quantitative estimate of drug-likeness (QED) is 0.836. The highest BCUT2D eigenvalue weighted by atomic mass is 32.2.